The van der Waals surface area contributed by atoms with E-state index in [4.69, 9.17) is 8.83 Å². The smallest absolute Gasteiger partial charge is 0.117 e. The lowest BCUT2D eigenvalue weighted by Gasteiger charge is -2.28. The van der Waals surface area contributed by atoms with Crippen molar-refractivity contribution < 1.29 is 8.83 Å². The maximum absolute atomic E-state index is 5.73. The van der Waals surface area contributed by atoms with Gasteiger partial charge in [0.25, 0.3) is 0 Å². The van der Waals surface area contributed by atoms with Crippen LogP contribution in [0, 0.1) is 0 Å². The average molecular weight is 309 g/mol. The molecule has 0 radical (unpaired) electrons. The third-order valence-electron chi connectivity index (χ3n) is 4.29. The van der Waals surface area contributed by atoms with Crippen molar-refractivity contribution in [2.45, 2.75) is 31.7 Å². The Labute approximate surface area is 137 Å². The third kappa shape index (κ3) is 4.14. The fourth-order valence-corrected chi connectivity index (χ4v) is 2.96. The molecule has 0 bridgehead atoms. The van der Waals surface area contributed by atoms with Crippen LogP contribution < -0.4 is 5.32 Å². The monoisotopic (exact) mass is 309 g/mol. The topological polar surface area (TPSA) is 38.3 Å². The number of nitrogens with one attached hydrogen (secondary N) is 1. The van der Waals surface area contributed by atoms with Gasteiger partial charge < -0.3 is 14.2 Å². The van der Waals surface area contributed by atoms with Crippen LogP contribution in [-0.2, 0) is 18.4 Å². The van der Waals surface area contributed by atoms with Crippen LogP contribution in [0.2, 0.25) is 0 Å². The molecule has 1 atom stereocenters. The molecule has 0 saturated carbocycles. The molecule has 3 heteroatoms. The first-order valence-corrected chi connectivity index (χ1v) is 8.07. The Balaban J connectivity index is 1.63. The summed E-state index contributed by atoms with van der Waals surface area (Å²) in [6.45, 7) is 3.94. The van der Waals surface area contributed by atoms with Crippen molar-refractivity contribution in [3.8, 4) is 0 Å². The molecule has 3 rings (SSSR count). The maximum Gasteiger partial charge on any atom is 0.117 e. The van der Waals surface area contributed by atoms with Gasteiger partial charge in [-0.1, -0.05) is 37.3 Å². The maximum atomic E-state index is 5.73. The molecular weight excluding hydrogens is 286 g/mol. The Morgan fingerprint density at radius 1 is 0.913 bits per heavy atom. The second-order valence-corrected chi connectivity index (χ2v) is 6.21. The molecule has 3 nitrogen and oxygen atoms in total. The van der Waals surface area contributed by atoms with E-state index in [1.54, 1.807) is 12.5 Å². The first-order chi connectivity index (χ1) is 11.3. The molecule has 0 spiro atoms. The van der Waals surface area contributed by atoms with Crippen molar-refractivity contribution in [2.75, 3.05) is 6.54 Å². The highest BCUT2D eigenvalue weighted by atomic mass is 16.3. The molecule has 0 aliphatic rings. The van der Waals surface area contributed by atoms with E-state index >= 15 is 0 Å². The molecule has 2 heterocycles. The molecule has 3 aromatic rings. The molecule has 2 aromatic heterocycles. The predicted octanol–water partition coefficient (Wildman–Crippen LogP) is 4.55. The van der Waals surface area contributed by atoms with Gasteiger partial charge >= 0.3 is 0 Å². The molecular formula is C20H23NO2. The van der Waals surface area contributed by atoms with E-state index in [0.29, 0.717) is 0 Å². The largest absolute Gasteiger partial charge is 0.469 e. The molecule has 0 fully saturated rings. The van der Waals surface area contributed by atoms with Crippen molar-refractivity contribution in [3.63, 3.8) is 0 Å². The minimum atomic E-state index is -0.0268. The summed E-state index contributed by atoms with van der Waals surface area (Å²) in [5.41, 5.74) is 1.30. The van der Waals surface area contributed by atoms with Gasteiger partial charge in [-0.05, 0) is 49.2 Å². The lowest BCUT2D eigenvalue weighted by Crippen LogP contribution is -2.30. The van der Waals surface area contributed by atoms with Crippen LogP contribution in [0.3, 0.4) is 0 Å². The summed E-state index contributed by atoms with van der Waals surface area (Å²) in [5, 5.41) is 3.46. The van der Waals surface area contributed by atoms with Gasteiger partial charge in [-0.3, -0.25) is 0 Å². The molecule has 0 amide bonds. The summed E-state index contributed by atoms with van der Waals surface area (Å²) < 4.78 is 11.1. The molecule has 0 aliphatic carbocycles. The van der Waals surface area contributed by atoms with E-state index in [2.05, 4.69) is 48.6 Å². The van der Waals surface area contributed by atoms with E-state index < -0.39 is 0 Å². The van der Waals surface area contributed by atoms with Gasteiger partial charge in [-0.15, -0.1) is 0 Å². The Morgan fingerprint density at radius 2 is 1.70 bits per heavy atom. The molecule has 0 saturated heterocycles. The van der Waals surface area contributed by atoms with Gasteiger partial charge in [-0.25, -0.2) is 0 Å². The number of hydrogen-bond acceptors (Lipinski definition) is 3. The summed E-state index contributed by atoms with van der Waals surface area (Å²) in [6.07, 6.45) is 5.42. The molecule has 1 unspecified atom stereocenters. The van der Waals surface area contributed by atoms with E-state index in [-0.39, 0.29) is 5.41 Å². The summed E-state index contributed by atoms with van der Waals surface area (Å²) in [5.74, 6) is 2.01. The van der Waals surface area contributed by atoms with Crippen LogP contribution in [0.15, 0.2) is 76.0 Å². The number of rotatable bonds is 8. The normalized spacial score (nSPS) is 13.8. The highest BCUT2D eigenvalue weighted by Crippen LogP contribution is 2.31. The van der Waals surface area contributed by atoms with Gasteiger partial charge in [-0.2, -0.15) is 0 Å². The van der Waals surface area contributed by atoms with Crippen molar-refractivity contribution in [3.05, 3.63) is 84.2 Å². The van der Waals surface area contributed by atoms with Crippen molar-refractivity contribution in [1.82, 2.24) is 5.32 Å². The Hall–Kier alpha value is -2.26. The van der Waals surface area contributed by atoms with E-state index in [9.17, 15) is 0 Å². The van der Waals surface area contributed by atoms with Gasteiger partial charge in [0.05, 0.1) is 19.1 Å². The lowest BCUT2D eigenvalue weighted by molar-refractivity contribution is 0.328. The van der Waals surface area contributed by atoms with Crippen molar-refractivity contribution in [1.29, 1.82) is 0 Å². The zero-order valence-corrected chi connectivity index (χ0v) is 13.5. The minimum Gasteiger partial charge on any atom is -0.469 e. The molecule has 1 N–H and O–H groups in total. The second kappa shape index (κ2) is 7.34. The fourth-order valence-electron chi connectivity index (χ4n) is 2.96. The number of benzene rings is 1. The summed E-state index contributed by atoms with van der Waals surface area (Å²) in [4.78, 5) is 0. The van der Waals surface area contributed by atoms with E-state index in [1.165, 1.54) is 5.56 Å². The highest BCUT2D eigenvalue weighted by Gasteiger charge is 2.29. The second-order valence-electron chi connectivity index (χ2n) is 6.21. The SMILES string of the molecule is CC(CCNCc1ccco1)(Cc1ccccc1)c1ccco1. The Bertz CT molecular complexity index is 674. The van der Waals surface area contributed by atoms with Crippen LogP contribution in [0.25, 0.3) is 0 Å². The average Bonchev–Trinajstić information content (AvgIpc) is 3.26. The van der Waals surface area contributed by atoms with Crippen LogP contribution >= 0.6 is 0 Å². The first-order valence-electron chi connectivity index (χ1n) is 8.07. The third-order valence-corrected chi connectivity index (χ3v) is 4.29. The molecule has 120 valence electrons. The summed E-state index contributed by atoms with van der Waals surface area (Å²) in [6, 6.07) is 18.5. The molecule has 0 aliphatic heterocycles. The van der Waals surface area contributed by atoms with Crippen LogP contribution in [0.4, 0.5) is 0 Å². The van der Waals surface area contributed by atoms with Crippen LogP contribution in [0.1, 0.15) is 30.4 Å². The molecule has 1 aromatic carbocycles. The van der Waals surface area contributed by atoms with Crippen molar-refractivity contribution in [2.24, 2.45) is 0 Å². The Kier molecular flexibility index (Phi) is 4.99. The fraction of sp³-hybridized carbons (Fsp3) is 0.300. The quantitative estimate of drug-likeness (QED) is 0.620. The van der Waals surface area contributed by atoms with Crippen LogP contribution in [0.5, 0.6) is 0 Å². The Morgan fingerprint density at radius 3 is 2.39 bits per heavy atom. The highest BCUT2D eigenvalue weighted by molar-refractivity contribution is 5.22. The van der Waals surface area contributed by atoms with Gasteiger partial charge in [0, 0.05) is 5.41 Å². The lowest BCUT2D eigenvalue weighted by atomic mass is 9.78. The molecule has 23 heavy (non-hydrogen) atoms. The van der Waals surface area contributed by atoms with E-state index in [0.717, 1.165) is 37.5 Å². The van der Waals surface area contributed by atoms with Crippen LogP contribution in [-0.4, -0.2) is 6.54 Å². The first kappa shape index (κ1) is 15.6. The summed E-state index contributed by atoms with van der Waals surface area (Å²) >= 11 is 0. The predicted molar refractivity (Wildman–Crippen MR) is 91.2 cm³/mol. The van der Waals surface area contributed by atoms with E-state index in [1.807, 2.05) is 18.2 Å². The zero-order valence-electron chi connectivity index (χ0n) is 13.5. The van der Waals surface area contributed by atoms with Crippen molar-refractivity contribution >= 4 is 0 Å². The standard InChI is InChI=1S/C20H23NO2/c1-20(19-10-6-14-23-19,15-17-7-3-2-4-8-17)11-12-21-16-18-9-5-13-22-18/h2-10,13-14,21H,11-12,15-16H2,1H3. The van der Waals surface area contributed by atoms with Gasteiger partial charge in [0.2, 0.25) is 0 Å². The summed E-state index contributed by atoms with van der Waals surface area (Å²) in [7, 11) is 0. The minimum absolute atomic E-state index is 0.0268. The zero-order chi connectivity index (χ0) is 16.0. The number of furan rings is 2. The number of hydrogen-bond donors (Lipinski definition) is 1. The van der Waals surface area contributed by atoms with Gasteiger partial charge in [0.1, 0.15) is 11.5 Å². The van der Waals surface area contributed by atoms with Gasteiger partial charge in [0.15, 0.2) is 0 Å².